The lowest BCUT2D eigenvalue weighted by molar-refractivity contribution is -0.121. The smallest absolute Gasteiger partial charge is 0.238 e. The molecular weight excluding hydrogens is 215 g/mol. The summed E-state index contributed by atoms with van der Waals surface area (Å²) in [6.07, 6.45) is 0. The third-order valence-electron chi connectivity index (χ3n) is 1.93. The Morgan fingerprint density at radius 2 is 2.13 bits per heavy atom. The Kier molecular flexibility index (Phi) is 3.71. The molecule has 0 aliphatic carbocycles. The number of benzene rings is 1. The number of halogens is 1. The fourth-order valence-corrected chi connectivity index (χ4v) is 1.84. The van der Waals surface area contributed by atoms with Gasteiger partial charge in [0.15, 0.2) is 0 Å². The highest BCUT2D eigenvalue weighted by Gasteiger charge is 2.25. The quantitative estimate of drug-likeness (QED) is 0.759. The molecule has 0 aliphatic rings. The molecule has 82 valence electrons. The van der Waals surface area contributed by atoms with E-state index in [9.17, 15) is 9.18 Å². The maximum absolute atomic E-state index is 13.2. The Bertz CT molecular complexity index is 368. The van der Waals surface area contributed by atoms with Crippen molar-refractivity contribution >= 4 is 17.7 Å². The van der Waals surface area contributed by atoms with Gasteiger partial charge < -0.3 is 11.5 Å². The molecule has 0 saturated heterocycles. The summed E-state index contributed by atoms with van der Waals surface area (Å²) in [7, 11) is 0. The van der Waals surface area contributed by atoms with E-state index in [-0.39, 0.29) is 11.6 Å². The van der Waals surface area contributed by atoms with Crippen molar-refractivity contribution in [3.63, 3.8) is 0 Å². The fraction of sp³-hybridized carbons (Fsp3) is 0.300. The Hall–Kier alpha value is -1.07. The predicted octanol–water partition coefficient (Wildman–Crippen LogP) is 1.12. The van der Waals surface area contributed by atoms with Gasteiger partial charge in [0.25, 0.3) is 0 Å². The Balaban J connectivity index is 2.66. The molecule has 0 aliphatic heterocycles. The lowest BCUT2D eigenvalue weighted by Crippen LogP contribution is -2.51. The number of hydrogen-bond donors (Lipinski definition) is 2. The monoisotopic (exact) mass is 228 g/mol. The van der Waals surface area contributed by atoms with Crippen molar-refractivity contribution in [2.45, 2.75) is 17.4 Å². The molecule has 15 heavy (non-hydrogen) atoms. The van der Waals surface area contributed by atoms with Gasteiger partial charge in [-0.3, -0.25) is 4.79 Å². The van der Waals surface area contributed by atoms with E-state index in [0.717, 1.165) is 0 Å². The number of rotatable bonds is 4. The molecule has 0 aromatic heterocycles. The van der Waals surface area contributed by atoms with Crippen LogP contribution < -0.4 is 11.5 Å². The van der Waals surface area contributed by atoms with E-state index in [1.54, 1.807) is 18.2 Å². The first-order chi connectivity index (χ1) is 6.93. The van der Waals surface area contributed by atoms with Crippen LogP contribution in [0.3, 0.4) is 0 Å². The number of carbonyl (C=O) groups excluding carboxylic acids is 1. The van der Waals surface area contributed by atoms with Crippen molar-refractivity contribution < 1.29 is 9.18 Å². The van der Waals surface area contributed by atoms with Crippen LogP contribution in [0.1, 0.15) is 6.92 Å². The summed E-state index contributed by atoms with van der Waals surface area (Å²) in [6, 6.07) is 6.33. The van der Waals surface area contributed by atoms with E-state index < -0.39 is 11.4 Å². The minimum absolute atomic E-state index is 0.253. The Morgan fingerprint density at radius 3 is 2.67 bits per heavy atom. The largest absolute Gasteiger partial charge is 0.368 e. The van der Waals surface area contributed by atoms with Crippen LogP contribution in [0.5, 0.6) is 0 Å². The molecule has 0 saturated carbocycles. The summed E-state index contributed by atoms with van der Waals surface area (Å²) in [5, 5.41) is 0. The molecule has 0 bridgehead atoms. The van der Waals surface area contributed by atoms with E-state index in [1.165, 1.54) is 24.8 Å². The zero-order chi connectivity index (χ0) is 11.5. The van der Waals surface area contributed by atoms with Crippen LogP contribution in [0.2, 0.25) is 0 Å². The number of thioether (sulfide) groups is 1. The normalized spacial score (nSPS) is 14.6. The molecule has 1 amide bonds. The Labute approximate surface area is 92.0 Å². The third-order valence-corrected chi connectivity index (χ3v) is 3.31. The van der Waals surface area contributed by atoms with Gasteiger partial charge in [0.1, 0.15) is 11.4 Å². The second-order valence-corrected chi connectivity index (χ2v) is 4.52. The SMILES string of the molecule is CC(N)(CSc1ccccc1F)C(N)=O. The van der Waals surface area contributed by atoms with Crippen LogP contribution in [0.15, 0.2) is 29.2 Å². The topological polar surface area (TPSA) is 69.1 Å². The van der Waals surface area contributed by atoms with Gasteiger partial charge >= 0.3 is 0 Å². The summed E-state index contributed by atoms with van der Waals surface area (Å²) in [6.45, 7) is 1.53. The summed E-state index contributed by atoms with van der Waals surface area (Å²) in [5.41, 5.74) is 9.62. The molecule has 0 fully saturated rings. The molecule has 0 radical (unpaired) electrons. The zero-order valence-electron chi connectivity index (χ0n) is 8.37. The van der Waals surface area contributed by atoms with Crippen molar-refractivity contribution in [1.82, 2.24) is 0 Å². The average molecular weight is 228 g/mol. The van der Waals surface area contributed by atoms with E-state index in [1.807, 2.05) is 0 Å². The highest BCUT2D eigenvalue weighted by molar-refractivity contribution is 7.99. The number of amides is 1. The summed E-state index contributed by atoms with van der Waals surface area (Å²) in [5.74, 6) is -0.655. The van der Waals surface area contributed by atoms with Gasteiger partial charge in [-0.05, 0) is 19.1 Å². The minimum atomic E-state index is -1.12. The van der Waals surface area contributed by atoms with Crippen molar-refractivity contribution in [1.29, 1.82) is 0 Å². The fourth-order valence-electron chi connectivity index (χ4n) is 0.861. The Morgan fingerprint density at radius 1 is 1.53 bits per heavy atom. The number of carbonyl (C=O) groups is 1. The standard InChI is InChI=1S/C10H13FN2OS/c1-10(13,9(12)14)6-15-8-5-3-2-4-7(8)11/h2-5H,6,13H2,1H3,(H2,12,14). The van der Waals surface area contributed by atoms with E-state index in [0.29, 0.717) is 4.90 Å². The lowest BCUT2D eigenvalue weighted by Gasteiger charge is -2.19. The zero-order valence-corrected chi connectivity index (χ0v) is 9.18. The van der Waals surface area contributed by atoms with Gasteiger partial charge in [0.05, 0.1) is 0 Å². The van der Waals surface area contributed by atoms with Crippen LogP contribution in [-0.4, -0.2) is 17.2 Å². The molecule has 4 N–H and O–H groups in total. The van der Waals surface area contributed by atoms with Gasteiger partial charge in [-0.15, -0.1) is 11.8 Å². The molecular formula is C10H13FN2OS. The van der Waals surface area contributed by atoms with Crippen LogP contribution in [-0.2, 0) is 4.79 Å². The number of hydrogen-bond acceptors (Lipinski definition) is 3. The molecule has 1 aromatic carbocycles. The van der Waals surface area contributed by atoms with Crippen molar-refractivity contribution in [3.8, 4) is 0 Å². The molecule has 5 heteroatoms. The van der Waals surface area contributed by atoms with E-state index >= 15 is 0 Å². The first-order valence-corrected chi connectivity index (χ1v) is 5.38. The molecule has 1 unspecified atom stereocenters. The summed E-state index contributed by atoms with van der Waals surface area (Å²) >= 11 is 1.18. The van der Waals surface area contributed by atoms with Gasteiger partial charge in [-0.25, -0.2) is 4.39 Å². The molecule has 0 heterocycles. The summed E-state index contributed by atoms with van der Waals surface area (Å²) in [4.78, 5) is 11.4. The van der Waals surface area contributed by atoms with Crippen molar-refractivity contribution in [2.24, 2.45) is 11.5 Å². The van der Waals surface area contributed by atoms with E-state index in [2.05, 4.69) is 0 Å². The van der Waals surface area contributed by atoms with Crippen LogP contribution in [0.25, 0.3) is 0 Å². The number of nitrogens with two attached hydrogens (primary N) is 2. The average Bonchev–Trinajstić information content (AvgIpc) is 2.16. The second-order valence-electron chi connectivity index (χ2n) is 3.50. The molecule has 1 aromatic rings. The molecule has 3 nitrogen and oxygen atoms in total. The highest BCUT2D eigenvalue weighted by Crippen LogP contribution is 2.23. The van der Waals surface area contributed by atoms with Crippen molar-refractivity contribution in [2.75, 3.05) is 5.75 Å². The molecule has 1 rings (SSSR count). The third kappa shape index (κ3) is 3.21. The van der Waals surface area contributed by atoms with Crippen LogP contribution >= 0.6 is 11.8 Å². The first-order valence-electron chi connectivity index (χ1n) is 4.39. The van der Waals surface area contributed by atoms with Crippen LogP contribution in [0, 0.1) is 5.82 Å². The maximum atomic E-state index is 13.2. The lowest BCUT2D eigenvalue weighted by atomic mass is 10.1. The van der Waals surface area contributed by atoms with Gasteiger partial charge in [0, 0.05) is 10.6 Å². The van der Waals surface area contributed by atoms with Gasteiger partial charge in [0.2, 0.25) is 5.91 Å². The maximum Gasteiger partial charge on any atom is 0.238 e. The van der Waals surface area contributed by atoms with Crippen molar-refractivity contribution in [3.05, 3.63) is 30.1 Å². The van der Waals surface area contributed by atoms with Gasteiger partial charge in [-0.1, -0.05) is 12.1 Å². The number of primary amides is 1. The van der Waals surface area contributed by atoms with E-state index in [4.69, 9.17) is 11.5 Å². The highest BCUT2D eigenvalue weighted by atomic mass is 32.2. The van der Waals surface area contributed by atoms with Gasteiger partial charge in [-0.2, -0.15) is 0 Å². The molecule has 1 atom stereocenters. The minimum Gasteiger partial charge on any atom is -0.368 e. The first kappa shape index (κ1) is 12.0. The van der Waals surface area contributed by atoms with Crippen LogP contribution in [0.4, 0.5) is 4.39 Å². The molecule has 0 spiro atoms. The second kappa shape index (κ2) is 4.63. The predicted molar refractivity (Wildman–Crippen MR) is 58.9 cm³/mol. The summed E-state index contributed by atoms with van der Waals surface area (Å²) < 4.78 is 13.2.